The lowest BCUT2D eigenvalue weighted by molar-refractivity contribution is -0.111. The summed E-state index contributed by atoms with van der Waals surface area (Å²) in [7, 11) is 0. The molecule has 26 heavy (non-hydrogen) atoms. The van der Waals surface area contributed by atoms with Crippen molar-refractivity contribution in [1.82, 2.24) is 0 Å². The number of ether oxygens (including phenoxy) is 2. The molecule has 1 unspecified atom stereocenters. The van der Waals surface area contributed by atoms with E-state index in [1.807, 2.05) is 25.1 Å². The van der Waals surface area contributed by atoms with Crippen molar-refractivity contribution in [1.29, 1.82) is 0 Å². The van der Waals surface area contributed by atoms with E-state index in [-0.39, 0.29) is 17.8 Å². The maximum Gasteiger partial charge on any atom is 0.248 e. The molecule has 0 spiro atoms. The van der Waals surface area contributed by atoms with Crippen LogP contribution < -0.4 is 10.1 Å². The number of aryl methyl sites for hydroxylation is 1. The first-order valence-electron chi connectivity index (χ1n) is 8.70. The zero-order valence-electron chi connectivity index (χ0n) is 14.7. The Morgan fingerprint density at radius 3 is 3.00 bits per heavy atom. The first kappa shape index (κ1) is 18.1. The van der Waals surface area contributed by atoms with Gasteiger partial charge in [0, 0.05) is 12.7 Å². The third-order valence-electron chi connectivity index (χ3n) is 4.12. The Bertz CT molecular complexity index is 798. The Labute approximate surface area is 152 Å². The van der Waals surface area contributed by atoms with Crippen molar-refractivity contribution < 1.29 is 18.7 Å². The number of halogens is 1. The lowest BCUT2D eigenvalue weighted by Gasteiger charge is -2.15. The summed E-state index contributed by atoms with van der Waals surface area (Å²) in [6.07, 6.45) is 5.09. The SMILES string of the molecule is Cc1ccc(NC(=O)C=Cc2cccc(F)c2)c(OCC2CCCO2)c1. The Balaban J connectivity index is 1.65. The second-order valence-electron chi connectivity index (χ2n) is 6.32. The fourth-order valence-electron chi connectivity index (χ4n) is 2.77. The predicted octanol–water partition coefficient (Wildman–Crippen LogP) is 4.34. The summed E-state index contributed by atoms with van der Waals surface area (Å²) in [4.78, 5) is 12.2. The molecular weight excluding hydrogens is 333 g/mol. The lowest BCUT2D eigenvalue weighted by atomic mass is 10.2. The van der Waals surface area contributed by atoms with Crippen molar-refractivity contribution in [3.8, 4) is 5.75 Å². The smallest absolute Gasteiger partial charge is 0.248 e. The van der Waals surface area contributed by atoms with Crippen LogP contribution in [0.2, 0.25) is 0 Å². The van der Waals surface area contributed by atoms with Crippen LogP contribution >= 0.6 is 0 Å². The van der Waals surface area contributed by atoms with E-state index in [1.54, 1.807) is 18.2 Å². The number of amides is 1. The maximum absolute atomic E-state index is 13.2. The van der Waals surface area contributed by atoms with E-state index in [1.165, 1.54) is 18.2 Å². The minimum atomic E-state index is -0.337. The molecule has 0 radical (unpaired) electrons. The number of carbonyl (C=O) groups excluding carboxylic acids is 1. The third kappa shape index (κ3) is 5.17. The first-order valence-corrected chi connectivity index (χ1v) is 8.70. The van der Waals surface area contributed by atoms with Gasteiger partial charge in [-0.1, -0.05) is 18.2 Å². The van der Waals surface area contributed by atoms with Gasteiger partial charge < -0.3 is 14.8 Å². The van der Waals surface area contributed by atoms with Gasteiger partial charge in [0.05, 0.1) is 11.8 Å². The lowest BCUT2D eigenvalue weighted by Crippen LogP contribution is -2.17. The number of hydrogen-bond acceptors (Lipinski definition) is 3. The predicted molar refractivity (Wildman–Crippen MR) is 99.7 cm³/mol. The summed E-state index contributed by atoms with van der Waals surface area (Å²) in [6.45, 7) is 3.20. The molecule has 5 heteroatoms. The fraction of sp³-hybridized carbons (Fsp3) is 0.286. The highest BCUT2D eigenvalue weighted by Gasteiger charge is 2.17. The molecule has 0 bridgehead atoms. The molecule has 2 aromatic rings. The highest BCUT2D eigenvalue weighted by atomic mass is 19.1. The Morgan fingerprint density at radius 2 is 2.23 bits per heavy atom. The second kappa shape index (κ2) is 8.63. The minimum Gasteiger partial charge on any atom is -0.489 e. The highest BCUT2D eigenvalue weighted by molar-refractivity contribution is 6.02. The molecule has 1 atom stereocenters. The van der Waals surface area contributed by atoms with E-state index in [4.69, 9.17) is 9.47 Å². The number of nitrogens with one attached hydrogen (secondary N) is 1. The number of hydrogen-bond donors (Lipinski definition) is 1. The summed E-state index contributed by atoms with van der Waals surface area (Å²) in [6, 6.07) is 11.7. The zero-order chi connectivity index (χ0) is 18.4. The van der Waals surface area contributed by atoms with Crippen LogP contribution in [-0.4, -0.2) is 25.2 Å². The molecule has 4 nitrogen and oxygen atoms in total. The summed E-state index contributed by atoms with van der Waals surface area (Å²) in [5, 5.41) is 2.81. The molecule has 0 aliphatic carbocycles. The Hall–Kier alpha value is -2.66. The quantitative estimate of drug-likeness (QED) is 0.784. The molecule has 1 aliphatic rings. The summed E-state index contributed by atoms with van der Waals surface area (Å²) < 4.78 is 24.6. The van der Waals surface area contributed by atoms with Gasteiger partial charge in [0.25, 0.3) is 0 Å². The van der Waals surface area contributed by atoms with Crippen molar-refractivity contribution in [2.24, 2.45) is 0 Å². The van der Waals surface area contributed by atoms with Crippen LogP contribution in [0.3, 0.4) is 0 Å². The van der Waals surface area contributed by atoms with Crippen molar-refractivity contribution >= 4 is 17.7 Å². The molecule has 1 aliphatic heterocycles. The van der Waals surface area contributed by atoms with Gasteiger partial charge in [-0.2, -0.15) is 0 Å². The molecule has 1 amide bonds. The molecule has 3 rings (SSSR count). The van der Waals surface area contributed by atoms with E-state index in [0.29, 0.717) is 23.6 Å². The third-order valence-corrected chi connectivity index (χ3v) is 4.12. The molecule has 1 fully saturated rings. The van der Waals surface area contributed by atoms with Crippen molar-refractivity contribution in [2.75, 3.05) is 18.5 Å². The largest absolute Gasteiger partial charge is 0.489 e. The normalized spacial score (nSPS) is 16.8. The summed E-state index contributed by atoms with van der Waals surface area (Å²) >= 11 is 0. The van der Waals surface area contributed by atoms with Crippen molar-refractivity contribution in [3.63, 3.8) is 0 Å². The Morgan fingerprint density at radius 1 is 1.35 bits per heavy atom. The van der Waals surface area contributed by atoms with Crippen LogP contribution in [-0.2, 0) is 9.53 Å². The average Bonchev–Trinajstić information content (AvgIpc) is 3.14. The topological polar surface area (TPSA) is 47.6 Å². The van der Waals surface area contributed by atoms with Gasteiger partial charge in [-0.25, -0.2) is 4.39 Å². The number of carbonyl (C=O) groups is 1. The minimum absolute atomic E-state index is 0.104. The molecule has 0 aromatic heterocycles. The number of rotatable bonds is 6. The first-order chi connectivity index (χ1) is 12.6. The van der Waals surface area contributed by atoms with Crippen LogP contribution in [0, 0.1) is 12.7 Å². The van der Waals surface area contributed by atoms with Crippen LogP contribution in [0.1, 0.15) is 24.0 Å². The van der Waals surface area contributed by atoms with Gasteiger partial charge in [-0.15, -0.1) is 0 Å². The van der Waals surface area contributed by atoms with E-state index in [9.17, 15) is 9.18 Å². The second-order valence-corrected chi connectivity index (χ2v) is 6.32. The number of benzene rings is 2. The van der Waals surface area contributed by atoms with Gasteiger partial charge in [-0.3, -0.25) is 4.79 Å². The van der Waals surface area contributed by atoms with Gasteiger partial charge in [-0.05, 0) is 61.2 Å². The van der Waals surface area contributed by atoms with Gasteiger partial charge in [0.15, 0.2) is 0 Å². The highest BCUT2D eigenvalue weighted by Crippen LogP contribution is 2.27. The average molecular weight is 355 g/mol. The summed E-state index contributed by atoms with van der Waals surface area (Å²) in [5.74, 6) is -0.0241. The van der Waals surface area contributed by atoms with Gasteiger partial charge >= 0.3 is 0 Å². The molecular formula is C21H22FNO3. The maximum atomic E-state index is 13.2. The number of anilines is 1. The molecule has 1 N–H and O–H groups in total. The molecule has 1 saturated heterocycles. The zero-order valence-corrected chi connectivity index (χ0v) is 14.7. The van der Waals surface area contributed by atoms with E-state index in [0.717, 1.165) is 25.0 Å². The van der Waals surface area contributed by atoms with Crippen molar-refractivity contribution in [3.05, 3.63) is 65.5 Å². The van der Waals surface area contributed by atoms with Crippen LogP contribution in [0.4, 0.5) is 10.1 Å². The van der Waals surface area contributed by atoms with Crippen molar-refractivity contribution in [2.45, 2.75) is 25.9 Å². The standard InChI is InChI=1S/C21H22FNO3/c1-15-7-9-19(20(12-15)26-14-18-6-3-11-25-18)23-21(24)10-8-16-4-2-5-17(22)13-16/h2,4-5,7-10,12-13,18H,3,6,11,14H2,1H3,(H,23,24). The van der Waals surface area contributed by atoms with Crippen LogP contribution in [0.15, 0.2) is 48.5 Å². The molecule has 136 valence electrons. The van der Waals surface area contributed by atoms with Gasteiger partial charge in [0.2, 0.25) is 5.91 Å². The fourth-order valence-corrected chi connectivity index (χ4v) is 2.77. The van der Waals surface area contributed by atoms with E-state index in [2.05, 4.69) is 5.32 Å². The Kier molecular flexibility index (Phi) is 6.02. The molecule has 1 heterocycles. The van der Waals surface area contributed by atoms with E-state index >= 15 is 0 Å². The van der Waals surface area contributed by atoms with Gasteiger partial charge in [0.1, 0.15) is 18.2 Å². The van der Waals surface area contributed by atoms with Crippen LogP contribution in [0.5, 0.6) is 5.75 Å². The van der Waals surface area contributed by atoms with E-state index < -0.39 is 0 Å². The van der Waals surface area contributed by atoms with Crippen LogP contribution in [0.25, 0.3) is 6.08 Å². The molecule has 0 saturated carbocycles. The monoisotopic (exact) mass is 355 g/mol. The summed E-state index contributed by atoms with van der Waals surface area (Å²) in [5.41, 5.74) is 2.27. The molecule has 2 aromatic carbocycles.